The summed E-state index contributed by atoms with van der Waals surface area (Å²) in [6.07, 6.45) is 3.49. The first-order chi connectivity index (χ1) is 7.00. The summed E-state index contributed by atoms with van der Waals surface area (Å²) in [4.78, 5) is 20.4. The lowest BCUT2D eigenvalue weighted by Gasteiger charge is -1.88. The normalized spacial score (nSPS) is 9.53. The first kappa shape index (κ1) is 11.6. The maximum absolute atomic E-state index is 9.00. The number of H-pyrrole nitrogens is 1. The molecule has 2 aromatic rings. The van der Waals surface area contributed by atoms with Crippen LogP contribution in [0.4, 0.5) is 0 Å². The molecule has 5 nitrogen and oxygen atoms in total. The van der Waals surface area contributed by atoms with Gasteiger partial charge in [-0.05, 0) is 22.9 Å². The van der Waals surface area contributed by atoms with Crippen LogP contribution in [-0.4, -0.2) is 26.0 Å². The first-order valence-electron chi connectivity index (χ1n) is 4.16. The number of nitrogens with zero attached hydrogens (tertiary/aromatic N) is 2. The van der Waals surface area contributed by atoms with Gasteiger partial charge in [0.05, 0.1) is 16.2 Å². The maximum atomic E-state index is 9.00. The van der Waals surface area contributed by atoms with Crippen molar-refractivity contribution in [2.75, 3.05) is 0 Å². The average Bonchev–Trinajstić information content (AvgIpc) is 2.46. The number of aryl methyl sites for hydroxylation is 1. The van der Waals surface area contributed by atoms with Crippen LogP contribution in [0.2, 0.25) is 0 Å². The number of fused-ring (bicyclic) bond motifs is 1. The van der Waals surface area contributed by atoms with Crippen LogP contribution in [0.3, 0.4) is 0 Å². The van der Waals surface area contributed by atoms with Gasteiger partial charge in [0.2, 0.25) is 0 Å². The number of aliphatic carboxylic acids is 1. The van der Waals surface area contributed by atoms with Crippen molar-refractivity contribution in [3.8, 4) is 0 Å². The van der Waals surface area contributed by atoms with Gasteiger partial charge in [0.25, 0.3) is 5.97 Å². The lowest BCUT2D eigenvalue weighted by atomic mass is 10.4. The minimum absolute atomic E-state index is 0.833. The topological polar surface area (TPSA) is 78.9 Å². The highest BCUT2D eigenvalue weighted by Gasteiger charge is 2.01. The Balaban J connectivity index is 0.000000245. The Morgan fingerprint density at radius 2 is 2.13 bits per heavy atom. The molecule has 0 fully saturated rings. The summed E-state index contributed by atoms with van der Waals surface area (Å²) in [6.45, 7) is 3.01. The molecule has 0 aliphatic carbocycles. The number of carbonyl (C=O) groups is 1. The molecule has 0 saturated carbocycles. The van der Waals surface area contributed by atoms with E-state index < -0.39 is 5.97 Å². The van der Waals surface area contributed by atoms with Gasteiger partial charge >= 0.3 is 0 Å². The second kappa shape index (κ2) is 4.88. The number of nitrogens with one attached hydrogen (secondary N) is 1. The quantitative estimate of drug-likeness (QED) is 0.769. The van der Waals surface area contributed by atoms with Gasteiger partial charge in [-0.1, -0.05) is 0 Å². The summed E-state index contributed by atoms with van der Waals surface area (Å²) in [7, 11) is 0. The van der Waals surface area contributed by atoms with Gasteiger partial charge in [-0.2, -0.15) is 0 Å². The van der Waals surface area contributed by atoms with E-state index in [2.05, 4.69) is 30.9 Å². The van der Waals surface area contributed by atoms with Crippen molar-refractivity contribution in [2.45, 2.75) is 13.8 Å². The Morgan fingerprint density at radius 3 is 2.67 bits per heavy atom. The number of aromatic nitrogens is 3. The number of carboxylic acid groups (broad SMARTS) is 1. The molecule has 0 bridgehead atoms. The number of hydrogen-bond acceptors (Lipinski definition) is 3. The van der Waals surface area contributed by atoms with E-state index in [9.17, 15) is 0 Å². The van der Waals surface area contributed by atoms with Gasteiger partial charge in [0, 0.05) is 13.1 Å². The summed E-state index contributed by atoms with van der Waals surface area (Å²) < 4.78 is 0.954. The molecule has 2 aromatic heterocycles. The molecule has 0 aliphatic heterocycles. The Bertz CT molecular complexity index is 477. The molecule has 6 heteroatoms. The fraction of sp³-hybridized carbons (Fsp3) is 0.222. The molecular formula is C9H10BrN3O2. The van der Waals surface area contributed by atoms with E-state index in [-0.39, 0.29) is 0 Å². The van der Waals surface area contributed by atoms with Gasteiger partial charge in [-0.15, -0.1) is 0 Å². The van der Waals surface area contributed by atoms with Crippen LogP contribution in [0.15, 0.2) is 16.9 Å². The molecule has 0 spiro atoms. The predicted molar refractivity (Wildman–Crippen MR) is 59.6 cm³/mol. The van der Waals surface area contributed by atoms with E-state index >= 15 is 0 Å². The maximum Gasteiger partial charge on any atom is 0.300 e. The highest BCUT2D eigenvalue weighted by molar-refractivity contribution is 9.10. The second-order valence-corrected chi connectivity index (χ2v) is 3.71. The standard InChI is InChI=1S/C7H6BrN3.C2H4O2/c1-4-10-6-3-9-2-5(8)7(6)11-4;1-2(3)4/h2-3H,1H3,(H,10,11);1H3,(H,3,4). The molecule has 80 valence electrons. The van der Waals surface area contributed by atoms with Crippen LogP contribution in [0.1, 0.15) is 12.7 Å². The van der Waals surface area contributed by atoms with Crippen LogP contribution < -0.4 is 0 Å². The molecule has 2 rings (SSSR count). The highest BCUT2D eigenvalue weighted by Crippen LogP contribution is 2.19. The second-order valence-electron chi connectivity index (χ2n) is 2.86. The zero-order valence-electron chi connectivity index (χ0n) is 8.28. The van der Waals surface area contributed by atoms with Crippen molar-refractivity contribution < 1.29 is 9.90 Å². The number of halogens is 1. The van der Waals surface area contributed by atoms with E-state index in [4.69, 9.17) is 9.90 Å². The van der Waals surface area contributed by atoms with Crippen molar-refractivity contribution >= 4 is 32.9 Å². The third kappa shape index (κ3) is 3.32. The molecular weight excluding hydrogens is 262 g/mol. The summed E-state index contributed by atoms with van der Waals surface area (Å²) in [5, 5.41) is 7.42. The Hall–Kier alpha value is -1.43. The van der Waals surface area contributed by atoms with Crippen LogP contribution in [0.25, 0.3) is 11.0 Å². The number of imidazole rings is 1. The van der Waals surface area contributed by atoms with Gasteiger partial charge in [-0.3, -0.25) is 9.78 Å². The molecule has 0 radical (unpaired) electrons. The molecule has 0 amide bonds. The van der Waals surface area contributed by atoms with Gasteiger partial charge in [0.1, 0.15) is 11.3 Å². The molecule has 0 aromatic carbocycles. The number of carboxylic acids is 1. The van der Waals surface area contributed by atoms with Gasteiger partial charge in [0.15, 0.2) is 0 Å². The fourth-order valence-electron chi connectivity index (χ4n) is 1.02. The van der Waals surface area contributed by atoms with Gasteiger partial charge < -0.3 is 10.1 Å². The van der Waals surface area contributed by atoms with E-state index in [1.165, 1.54) is 0 Å². The van der Waals surface area contributed by atoms with E-state index in [1.807, 2.05) is 6.92 Å². The van der Waals surface area contributed by atoms with Crippen molar-refractivity contribution in [1.82, 2.24) is 15.0 Å². The lowest BCUT2D eigenvalue weighted by molar-refractivity contribution is -0.134. The largest absolute Gasteiger partial charge is 0.481 e. The molecule has 0 unspecified atom stereocenters. The van der Waals surface area contributed by atoms with E-state index in [0.717, 1.165) is 28.3 Å². The number of aromatic amines is 1. The minimum Gasteiger partial charge on any atom is -0.481 e. The first-order valence-corrected chi connectivity index (χ1v) is 4.95. The summed E-state index contributed by atoms with van der Waals surface area (Å²) >= 11 is 3.38. The third-order valence-electron chi connectivity index (χ3n) is 1.47. The monoisotopic (exact) mass is 271 g/mol. The van der Waals surface area contributed by atoms with Crippen LogP contribution in [0.5, 0.6) is 0 Å². The lowest BCUT2D eigenvalue weighted by Crippen LogP contribution is -1.78. The van der Waals surface area contributed by atoms with Crippen molar-refractivity contribution in [3.63, 3.8) is 0 Å². The SMILES string of the molecule is CC(=O)O.Cc1nc2cncc(Br)c2[nH]1. The number of hydrogen-bond donors (Lipinski definition) is 2. The summed E-state index contributed by atoms with van der Waals surface area (Å²) in [5.74, 6) is 0.0775. The Kier molecular flexibility index (Phi) is 3.79. The molecule has 0 atom stereocenters. The van der Waals surface area contributed by atoms with Gasteiger partial charge in [-0.25, -0.2) is 4.98 Å². The molecule has 15 heavy (non-hydrogen) atoms. The number of rotatable bonds is 0. The van der Waals surface area contributed by atoms with E-state index in [1.54, 1.807) is 12.4 Å². The smallest absolute Gasteiger partial charge is 0.300 e. The average molecular weight is 272 g/mol. The molecule has 2 heterocycles. The Morgan fingerprint density at radius 1 is 1.53 bits per heavy atom. The van der Waals surface area contributed by atoms with Crippen molar-refractivity contribution in [1.29, 1.82) is 0 Å². The van der Waals surface area contributed by atoms with E-state index in [0.29, 0.717) is 0 Å². The zero-order valence-corrected chi connectivity index (χ0v) is 9.87. The Labute approximate surface area is 94.7 Å². The molecule has 0 aliphatic rings. The highest BCUT2D eigenvalue weighted by atomic mass is 79.9. The zero-order chi connectivity index (χ0) is 11.4. The summed E-state index contributed by atoms with van der Waals surface area (Å²) in [5.41, 5.74) is 1.91. The fourth-order valence-corrected chi connectivity index (χ4v) is 1.44. The van der Waals surface area contributed by atoms with Crippen molar-refractivity contribution in [3.05, 3.63) is 22.7 Å². The van der Waals surface area contributed by atoms with Crippen LogP contribution in [0, 0.1) is 6.92 Å². The van der Waals surface area contributed by atoms with Crippen LogP contribution >= 0.6 is 15.9 Å². The summed E-state index contributed by atoms with van der Waals surface area (Å²) in [6, 6.07) is 0. The predicted octanol–water partition coefficient (Wildman–Crippen LogP) is 2.12. The van der Waals surface area contributed by atoms with Crippen molar-refractivity contribution in [2.24, 2.45) is 0 Å². The third-order valence-corrected chi connectivity index (χ3v) is 2.07. The minimum atomic E-state index is -0.833. The molecule has 0 saturated heterocycles. The number of pyridine rings is 1. The molecule has 2 N–H and O–H groups in total. The van der Waals surface area contributed by atoms with Crippen LogP contribution in [-0.2, 0) is 4.79 Å².